The van der Waals surface area contributed by atoms with Crippen LogP contribution in [0.2, 0.25) is 0 Å². The molecule has 4 nitrogen and oxygen atoms in total. The van der Waals surface area contributed by atoms with E-state index in [4.69, 9.17) is 0 Å². The molecule has 1 rings (SSSR count). The third-order valence-electron chi connectivity index (χ3n) is 1.99. The third-order valence-corrected chi connectivity index (χ3v) is 1.99. The topological polar surface area (TPSA) is 40.1 Å². The Bertz CT molecular complexity index is 252. The molecular weight excluding hydrogens is 164 g/mol. The van der Waals surface area contributed by atoms with Crippen molar-refractivity contribution in [3.8, 4) is 0 Å². The smallest absolute Gasteiger partial charge is 0.130 e. The minimum atomic E-state index is -0.0125. The van der Waals surface area contributed by atoms with Crippen molar-refractivity contribution >= 4 is 0 Å². The van der Waals surface area contributed by atoms with Crippen LogP contribution >= 0.6 is 0 Å². The van der Waals surface area contributed by atoms with Gasteiger partial charge in [-0.2, -0.15) is 0 Å². The quantitative estimate of drug-likeness (QED) is 0.518. The lowest BCUT2D eigenvalue weighted by Crippen LogP contribution is -2.43. The number of hydrogen-bond acceptors (Lipinski definition) is 3. The molecule has 0 aromatic heterocycles. The fraction of sp³-hybridized carbons (Fsp3) is 1.00. The lowest BCUT2D eigenvalue weighted by molar-refractivity contribution is -0.688. The van der Waals surface area contributed by atoms with E-state index in [2.05, 4.69) is 57.1 Å². The van der Waals surface area contributed by atoms with Gasteiger partial charge in [0.2, 0.25) is 5.22 Å². The van der Waals surface area contributed by atoms with E-state index in [1.165, 1.54) is 0 Å². The second-order valence-electron chi connectivity index (χ2n) is 5.55. The Labute approximate surface area is 79.7 Å². The highest BCUT2D eigenvalue weighted by Crippen LogP contribution is 2.30. The molecule has 0 saturated carbocycles. The van der Waals surface area contributed by atoms with Gasteiger partial charge in [0.15, 0.2) is 5.22 Å². The van der Waals surface area contributed by atoms with Gasteiger partial charge in [-0.25, -0.2) is 0 Å². The number of rotatable bonds is 0. The highest BCUT2D eigenvalue weighted by atomic mass is 15.6. The lowest BCUT2D eigenvalue weighted by Gasteiger charge is -2.27. The predicted molar refractivity (Wildman–Crippen MR) is 50.5 cm³/mol. The van der Waals surface area contributed by atoms with Gasteiger partial charge in [0.25, 0.3) is 6.17 Å². The zero-order chi connectivity index (χ0) is 10.3. The molecule has 0 spiro atoms. The van der Waals surface area contributed by atoms with Crippen molar-refractivity contribution in [2.75, 3.05) is 0 Å². The number of hydrogen-bond donors (Lipinski definition) is 0. The zero-order valence-corrected chi connectivity index (χ0v) is 9.37. The monoisotopic (exact) mass is 183 g/mol. The van der Waals surface area contributed by atoms with Crippen LogP contribution in [-0.2, 0) is 0 Å². The standard InChI is InChI=1S/C9H19N4/c1-8(2,3)7-10-11-12-13(7)9(4,5)6/h7H,1-6H3/q+1. The van der Waals surface area contributed by atoms with Crippen LogP contribution in [0.5, 0.6) is 0 Å². The summed E-state index contributed by atoms with van der Waals surface area (Å²) in [4.78, 5) is 0. The van der Waals surface area contributed by atoms with Gasteiger partial charge in [0.05, 0.1) is 0 Å². The van der Waals surface area contributed by atoms with Crippen molar-refractivity contribution in [3.63, 3.8) is 0 Å². The molecule has 0 aliphatic carbocycles. The lowest BCUT2D eigenvalue weighted by atomic mass is 9.91. The van der Waals surface area contributed by atoms with E-state index in [1.54, 1.807) is 0 Å². The van der Waals surface area contributed by atoms with Gasteiger partial charge in [-0.3, -0.25) is 0 Å². The molecule has 1 aliphatic rings. The van der Waals surface area contributed by atoms with E-state index < -0.39 is 0 Å². The van der Waals surface area contributed by atoms with Crippen LogP contribution in [0, 0.1) is 5.41 Å². The van der Waals surface area contributed by atoms with E-state index in [-0.39, 0.29) is 17.1 Å². The molecule has 0 fully saturated rings. The molecule has 13 heavy (non-hydrogen) atoms. The maximum atomic E-state index is 4.14. The summed E-state index contributed by atoms with van der Waals surface area (Å²) < 4.78 is 1.97. The molecule has 0 radical (unpaired) electrons. The second-order valence-corrected chi connectivity index (χ2v) is 5.55. The van der Waals surface area contributed by atoms with Crippen LogP contribution in [0.4, 0.5) is 0 Å². The Morgan fingerprint density at radius 3 is 1.85 bits per heavy atom. The maximum absolute atomic E-state index is 4.14. The van der Waals surface area contributed by atoms with Gasteiger partial charge in [0, 0.05) is 10.5 Å². The van der Waals surface area contributed by atoms with Crippen LogP contribution in [0.15, 0.2) is 15.6 Å². The van der Waals surface area contributed by atoms with Gasteiger partial charge >= 0.3 is 0 Å². The zero-order valence-electron chi connectivity index (χ0n) is 9.37. The van der Waals surface area contributed by atoms with Crippen molar-refractivity contribution in [3.05, 3.63) is 0 Å². The fourth-order valence-corrected chi connectivity index (χ4v) is 1.25. The Morgan fingerprint density at radius 2 is 1.54 bits per heavy atom. The van der Waals surface area contributed by atoms with Crippen molar-refractivity contribution in [2.45, 2.75) is 53.2 Å². The molecule has 0 aromatic rings. The first-order valence-corrected chi connectivity index (χ1v) is 4.63. The molecule has 0 N–H and O–H groups in total. The summed E-state index contributed by atoms with van der Waals surface area (Å²) in [5.74, 6) is 0. The SMILES string of the molecule is CC(C)(C)C1N=NN=[N+]1C(C)(C)C. The van der Waals surface area contributed by atoms with Gasteiger partial charge < -0.3 is 0 Å². The maximum Gasteiger partial charge on any atom is 0.258 e. The van der Waals surface area contributed by atoms with Crippen molar-refractivity contribution in [1.82, 2.24) is 0 Å². The Morgan fingerprint density at radius 1 is 1.00 bits per heavy atom. The Kier molecular flexibility index (Phi) is 2.26. The molecule has 0 bridgehead atoms. The third kappa shape index (κ3) is 2.11. The van der Waals surface area contributed by atoms with E-state index in [0.29, 0.717) is 0 Å². The predicted octanol–water partition coefficient (Wildman–Crippen LogP) is 3.00. The van der Waals surface area contributed by atoms with Crippen LogP contribution in [0.3, 0.4) is 0 Å². The summed E-state index contributed by atoms with van der Waals surface area (Å²) >= 11 is 0. The highest BCUT2D eigenvalue weighted by Gasteiger charge is 2.43. The molecule has 1 heterocycles. The normalized spacial score (nSPS) is 23.5. The van der Waals surface area contributed by atoms with Crippen LogP contribution in [0.1, 0.15) is 41.5 Å². The summed E-state index contributed by atoms with van der Waals surface area (Å²) in [5, 5.41) is 11.9. The summed E-state index contributed by atoms with van der Waals surface area (Å²) in [6.07, 6.45) is 0.0625. The van der Waals surface area contributed by atoms with Gasteiger partial charge in [-0.05, 0) is 20.8 Å². The number of nitrogens with zero attached hydrogens (tertiary/aromatic N) is 4. The minimum absolute atomic E-state index is 0.0125. The molecule has 1 unspecified atom stereocenters. The first-order valence-electron chi connectivity index (χ1n) is 4.63. The van der Waals surface area contributed by atoms with E-state index in [1.807, 2.05) is 4.70 Å². The van der Waals surface area contributed by atoms with E-state index in [0.717, 1.165) is 0 Å². The van der Waals surface area contributed by atoms with Crippen LogP contribution in [0.25, 0.3) is 0 Å². The molecule has 4 heteroatoms. The minimum Gasteiger partial charge on any atom is -0.130 e. The molecular formula is C9H19N4+. The van der Waals surface area contributed by atoms with Gasteiger partial charge in [0.1, 0.15) is 5.54 Å². The largest absolute Gasteiger partial charge is 0.258 e. The molecule has 74 valence electrons. The summed E-state index contributed by atoms with van der Waals surface area (Å²) in [7, 11) is 0. The van der Waals surface area contributed by atoms with Crippen molar-refractivity contribution < 1.29 is 4.70 Å². The average molecular weight is 183 g/mol. The first kappa shape index (κ1) is 10.3. The summed E-state index contributed by atoms with van der Waals surface area (Å²) in [6, 6.07) is 0. The van der Waals surface area contributed by atoms with Crippen LogP contribution in [-0.4, -0.2) is 16.4 Å². The van der Waals surface area contributed by atoms with Gasteiger partial charge in [-0.15, -0.1) is 4.70 Å². The van der Waals surface area contributed by atoms with E-state index >= 15 is 0 Å². The molecule has 0 amide bonds. The molecule has 1 atom stereocenters. The van der Waals surface area contributed by atoms with E-state index in [9.17, 15) is 0 Å². The van der Waals surface area contributed by atoms with Crippen LogP contribution < -0.4 is 0 Å². The van der Waals surface area contributed by atoms with Crippen molar-refractivity contribution in [1.29, 1.82) is 0 Å². The average Bonchev–Trinajstić information content (AvgIpc) is 2.27. The Hall–Kier alpha value is -0.800. The Balaban J connectivity index is 2.92. The first-order chi connectivity index (χ1) is 5.73. The fourth-order valence-electron chi connectivity index (χ4n) is 1.25. The second kappa shape index (κ2) is 2.86. The van der Waals surface area contributed by atoms with Gasteiger partial charge in [-0.1, -0.05) is 20.8 Å². The highest BCUT2D eigenvalue weighted by molar-refractivity contribution is 4.73. The molecule has 1 aliphatic heterocycles. The summed E-state index contributed by atoms with van der Waals surface area (Å²) in [6.45, 7) is 12.8. The summed E-state index contributed by atoms with van der Waals surface area (Å²) in [5.41, 5.74) is 0.0677. The van der Waals surface area contributed by atoms with Crippen molar-refractivity contribution in [2.24, 2.45) is 21.0 Å². The molecule has 0 aromatic carbocycles. The molecule has 0 saturated heterocycles.